The van der Waals surface area contributed by atoms with Gasteiger partial charge in [-0.25, -0.2) is 0 Å². The number of rotatable bonds is 5. The van der Waals surface area contributed by atoms with Crippen LogP contribution in [-0.2, 0) is 9.53 Å². The van der Waals surface area contributed by atoms with Crippen LogP contribution in [-0.4, -0.2) is 24.8 Å². The van der Waals surface area contributed by atoms with Crippen LogP contribution in [0.2, 0.25) is 0 Å². The number of ether oxygens (including phenoxy) is 1. The van der Waals surface area contributed by atoms with E-state index in [4.69, 9.17) is 5.11 Å². The third-order valence-corrected chi connectivity index (χ3v) is 1.74. The van der Waals surface area contributed by atoms with Gasteiger partial charge in [0.15, 0.2) is 0 Å². The first-order valence-corrected chi connectivity index (χ1v) is 3.95. The van der Waals surface area contributed by atoms with Gasteiger partial charge in [-0.3, -0.25) is 4.79 Å². The van der Waals surface area contributed by atoms with E-state index in [-0.39, 0.29) is 18.5 Å². The zero-order valence-electron chi connectivity index (χ0n) is 7.17. The molecular formula is C8H16O3. The molecule has 11 heavy (non-hydrogen) atoms. The number of carbonyl (C=O) groups excluding carboxylic acids is 1. The number of methoxy groups -OCH3 is 1. The van der Waals surface area contributed by atoms with Gasteiger partial charge in [0.05, 0.1) is 13.0 Å². The van der Waals surface area contributed by atoms with Crippen molar-refractivity contribution in [1.29, 1.82) is 0 Å². The first-order chi connectivity index (χ1) is 5.26. The van der Waals surface area contributed by atoms with Crippen LogP contribution >= 0.6 is 0 Å². The number of carbonyl (C=O) groups is 1. The fraction of sp³-hybridized carbons (Fsp3) is 0.875. The zero-order chi connectivity index (χ0) is 8.69. The van der Waals surface area contributed by atoms with Crippen molar-refractivity contribution in [2.45, 2.75) is 26.2 Å². The van der Waals surface area contributed by atoms with Crippen molar-refractivity contribution < 1.29 is 14.6 Å². The molecule has 0 saturated carbocycles. The molecular weight excluding hydrogens is 144 g/mol. The summed E-state index contributed by atoms with van der Waals surface area (Å²) >= 11 is 0. The molecule has 1 unspecified atom stereocenters. The first-order valence-electron chi connectivity index (χ1n) is 3.95. The lowest BCUT2D eigenvalue weighted by molar-refractivity contribution is -0.145. The molecule has 0 radical (unpaired) electrons. The van der Waals surface area contributed by atoms with Crippen LogP contribution in [0.4, 0.5) is 0 Å². The van der Waals surface area contributed by atoms with Gasteiger partial charge in [-0.15, -0.1) is 0 Å². The highest BCUT2D eigenvalue weighted by molar-refractivity contribution is 5.72. The Morgan fingerprint density at radius 1 is 1.64 bits per heavy atom. The van der Waals surface area contributed by atoms with E-state index in [2.05, 4.69) is 4.74 Å². The molecule has 0 saturated heterocycles. The van der Waals surface area contributed by atoms with Gasteiger partial charge in [-0.2, -0.15) is 0 Å². The second-order valence-corrected chi connectivity index (χ2v) is 2.49. The third kappa shape index (κ3) is 3.98. The topological polar surface area (TPSA) is 46.5 Å². The second-order valence-electron chi connectivity index (χ2n) is 2.49. The zero-order valence-corrected chi connectivity index (χ0v) is 7.17. The van der Waals surface area contributed by atoms with Crippen LogP contribution in [0, 0.1) is 5.92 Å². The van der Waals surface area contributed by atoms with E-state index >= 15 is 0 Å². The molecule has 1 atom stereocenters. The summed E-state index contributed by atoms with van der Waals surface area (Å²) in [7, 11) is 1.39. The summed E-state index contributed by atoms with van der Waals surface area (Å²) in [4.78, 5) is 10.9. The summed E-state index contributed by atoms with van der Waals surface area (Å²) in [6, 6.07) is 0. The summed E-state index contributed by atoms with van der Waals surface area (Å²) in [5.74, 6) is -0.201. The Morgan fingerprint density at radius 2 is 2.27 bits per heavy atom. The molecule has 0 aromatic rings. The summed E-state index contributed by atoms with van der Waals surface area (Å²) in [5, 5.41) is 8.51. The van der Waals surface area contributed by atoms with Gasteiger partial charge in [0.1, 0.15) is 0 Å². The molecule has 0 aliphatic rings. The average molecular weight is 160 g/mol. The van der Waals surface area contributed by atoms with Crippen molar-refractivity contribution in [2.75, 3.05) is 13.7 Å². The molecule has 0 spiro atoms. The van der Waals surface area contributed by atoms with Crippen LogP contribution in [0.15, 0.2) is 0 Å². The minimum Gasteiger partial charge on any atom is -0.469 e. The van der Waals surface area contributed by atoms with E-state index in [1.807, 2.05) is 6.92 Å². The average Bonchev–Trinajstić information content (AvgIpc) is 2.05. The highest BCUT2D eigenvalue weighted by Gasteiger charge is 2.15. The molecule has 0 bridgehead atoms. The molecule has 66 valence electrons. The van der Waals surface area contributed by atoms with E-state index < -0.39 is 0 Å². The van der Waals surface area contributed by atoms with Gasteiger partial charge in [0.25, 0.3) is 0 Å². The lowest BCUT2D eigenvalue weighted by Gasteiger charge is -2.10. The highest BCUT2D eigenvalue weighted by Crippen LogP contribution is 2.11. The fourth-order valence-electron chi connectivity index (χ4n) is 0.993. The summed E-state index contributed by atoms with van der Waals surface area (Å²) in [6.45, 7) is 2.09. The number of hydrogen-bond acceptors (Lipinski definition) is 3. The van der Waals surface area contributed by atoms with E-state index in [1.54, 1.807) is 0 Å². The third-order valence-electron chi connectivity index (χ3n) is 1.74. The Balaban J connectivity index is 3.65. The summed E-state index contributed by atoms with van der Waals surface area (Å²) < 4.78 is 4.58. The van der Waals surface area contributed by atoms with Crippen LogP contribution < -0.4 is 0 Å². The first kappa shape index (κ1) is 10.4. The summed E-state index contributed by atoms with van der Waals surface area (Å²) in [5.41, 5.74) is 0. The molecule has 0 aliphatic heterocycles. The van der Waals surface area contributed by atoms with Gasteiger partial charge in [0, 0.05) is 6.61 Å². The van der Waals surface area contributed by atoms with Crippen LogP contribution in [0.1, 0.15) is 26.2 Å². The molecule has 0 aromatic heterocycles. The molecule has 0 amide bonds. The Kier molecular flexibility index (Phi) is 5.84. The van der Waals surface area contributed by atoms with Crippen molar-refractivity contribution >= 4 is 5.97 Å². The smallest absolute Gasteiger partial charge is 0.308 e. The maximum absolute atomic E-state index is 10.9. The molecule has 0 aliphatic carbocycles. The lowest BCUT2D eigenvalue weighted by Crippen LogP contribution is -2.15. The molecule has 0 aromatic carbocycles. The van der Waals surface area contributed by atoms with Crippen molar-refractivity contribution in [2.24, 2.45) is 5.92 Å². The van der Waals surface area contributed by atoms with Gasteiger partial charge in [0.2, 0.25) is 0 Å². The molecule has 3 heteroatoms. The van der Waals surface area contributed by atoms with Gasteiger partial charge >= 0.3 is 5.97 Å². The Hall–Kier alpha value is -0.570. The van der Waals surface area contributed by atoms with E-state index in [0.717, 1.165) is 12.8 Å². The predicted molar refractivity (Wildman–Crippen MR) is 42.1 cm³/mol. The van der Waals surface area contributed by atoms with Crippen molar-refractivity contribution in [3.05, 3.63) is 0 Å². The largest absolute Gasteiger partial charge is 0.469 e. The molecule has 0 fully saturated rings. The highest BCUT2D eigenvalue weighted by atomic mass is 16.5. The number of aliphatic hydroxyl groups excluding tert-OH is 1. The van der Waals surface area contributed by atoms with Crippen molar-refractivity contribution in [1.82, 2.24) is 0 Å². The van der Waals surface area contributed by atoms with E-state index in [1.165, 1.54) is 7.11 Å². The second kappa shape index (κ2) is 6.16. The number of esters is 1. The molecule has 3 nitrogen and oxygen atoms in total. The monoisotopic (exact) mass is 160 g/mol. The van der Waals surface area contributed by atoms with E-state index in [0.29, 0.717) is 6.42 Å². The maximum atomic E-state index is 10.9. The van der Waals surface area contributed by atoms with Crippen LogP contribution in [0.3, 0.4) is 0 Å². The summed E-state index contributed by atoms with van der Waals surface area (Å²) in [6.07, 6.45) is 2.18. The number of aliphatic hydroxyl groups is 1. The fourth-order valence-corrected chi connectivity index (χ4v) is 0.993. The normalized spacial score (nSPS) is 12.6. The SMILES string of the molecule is CCC(CCCO)C(=O)OC. The minimum atomic E-state index is -0.166. The standard InChI is InChI=1S/C8H16O3/c1-3-7(5-4-6-9)8(10)11-2/h7,9H,3-6H2,1-2H3. The minimum absolute atomic E-state index is 0.0350. The van der Waals surface area contributed by atoms with Crippen molar-refractivity contribution in [3.63, 3.8) is 0 Å². The van der Waals surface area contributed by atoms with Crippen molar-refractivity contribution in [3.8, 4) is 0 Å². The van der Waals surface area contributed by atoms with E-state index in [9.17, 15) is 4.79 Å². The lowest BCUT2D eigenvalue weighted by atomic mass is 10.0. The van der Waals surface area contributed by atoms with Gasteiger partial charge in [-0.1, -0.05) is 6.92 Å². The quantitative estimate of drug-likeness (QED) is 0.609. The Morgan fingerprint density at radius 3 is 2.64 bits per heavy atom. The molecule has 0 rings (SSSR count). The molecule has 0 heterocycles. The van der Waals surface area contributed by atoms with Crippen LogP contribution in [0.5, 0.6) is 0 Å². The Bertz CT molecular complexity index is 112. The number of hydrogen-bond donors (Lipinski definition) is 1. The van der Waals surface area contributed by atoms with Gasteiger partial charge in [-0.05, 0) is 19.3 Å². The van der Waals surface area contributed by atoms with Crippen LogP contribution in [0.25, 0.3) is 0 Å². The van der Waals surface area contributed by atoms with Gasteiger partial charge < -0.3 is 9.84 Å². The molecule has 1 N–H and O–H groups in total. The predicted octanol–water partition coefficient (Wildman–Crippen LogP) is 0.958. The maximum Gasteiger partial charge on any atom is 0.308 e. The Labute approximate surface area is 67.4 Å².